The first-order valence-corrected chi connectivity index (χ1v) is 6.87. The van der Waals surface area contributed by atoms with Gasteiger partial charge < -0.3 is 10.3 Å². The lowest BCUT2D eigenvalue weighted by molar-refractivity contribution is 0.703. The van der Waals surface area contributed by atoms with Crippen molar-refractivity contribution >= 4 is 11.0 Å². The Bertz CT molecular complexity index is 743. The predicted octanol–water partition coefficient (Wildman–Crippen LogP) is 2.10. The van der Waals surface area contributed by atoms with Gasteiger partial charge in [0, 0.05) is 24.2 Å². The Morgan fingerprint density at radius 1 is 1.15 bits per heavy atom. The molecule has 5 nitrogen and oxygen atoms in total. The van der Waals surface area contributed by atoms with E-state index in [2.05, 4.69) is 32.4 Å². The van der Waals surface area contributed by atoms with Crippen LogP contribution in [0.1, 0.15) is 18.2 Å². The molecular weight excluding hydrogens is 250 g/mol. The average Bonchev–Trinajstić information content (AvgIpc) is 3.18. The minimum absolute atomic E-state index is 0.436. The number of benzene rings is 1. The maximum absolute atomic E-state index is 4.73. The van der Waals surface area contributed by atoms with Gasteiger partial charge in [0.15, 0.2) is 0 Å². The summed E-state index contributed by atoms with van der Waals surface area (Å²) in [4.78, 5) is 16.5. The number of imidazole rings is 1. The molecule has 4 rings (SSSR count). The van der Waals surface area contributed by atoms with Crippen molar-refractivity contribution in [1.82, 2.24) is 25.3 Å². The summed E-state index contributed by atoms with van der Waals surface area (Å²) in [6.45, 7) is 2.03. The van der Waals surface area contributed by atoms with Crippen LogP contribution in [0, 0.1) is 0 Å². The summed E-state index contributed by atoms with van der Waals surface area (Å²) in [6.07, 6.45) is 4.68. The second kappa shape index (κ2) is 4.68. The summed E-state index contributed by atoms with van der Waals surface area (Å²) < 4.78 is 0. The second-order valence-corrected chi connectivity index (χ2v) is 5.12. The predicted molar refractivity (Wildman–Crippen MR) is 77.3 cm³/mol. The van der Waals surface area contributed by atoms with Gasteiger partial charge in [0.05, 0.1) is 23.1 Å². The SMILES string of the molecule is c1cc(-c2ccc3nc[nH]c3c2)nc(C2CCNC2)n1. The van der Waals surface area contributed by atoms with Gasteiger partial charge in [0.1, 0.15) is 5.82 Å². The quantitative estimate of drug-likeness (QED) is 0.744. The Hall–Kier alpha value is -2.27. The van der Waals surface area contributed by atoms with Crippen molar-refractivity contribution in [1.29, 1.82) is 0 Å². The molecule has 1 atom stereocenters. The third kappa shape index (κ3) is 1.96. The van der Waals surface area contributed by atoms with Crippen molar-refractivity contribution in [3.63, 3.8) is 0 Å². The number of nitrogens with one attached hydrogen (secondary N) is 2. The number of aromatic amines is 1. The fourth-order valence-electron chi connectivity index (χ4n) is 2.70. The minimum atomic E-state index is 0.436. The molecule has 5 heteroatoms. The molecule has 0 bridgehead atoms. The van der Waals surface area contributed by atoms with Gasteiger partial charge in [-0.2, -0.15) is 0 Å². The van der Waals surface area contributed by atoms with E-state index in [0.717, 1.165) is 47.6 Å². The summed E-state index contributed by atoms with van der Waals surface area (Å²) in [5.41, 5.74) is 4.07. The van der Waals surface area contributed by atoms with Crippen molar-refractivity contribution in [3.8, 4) is 11.3 Å². The fraction of sp³-hybridized carbons (Fsp3) is 0.267. The van der Waals surface area contributed by atoms with Crippen LogP contribution in [0.5, 0.6) is 0 Å². The zero-order valence-corrected chi connectivity index (χ0v) is 11.0. The van der Waals surface area contributed by atoms with Gasteiger partial charge in [-0.3, -0.25) is 0 Å². The average molecular weight is 265 g/mol. The number of nitrogens with zero attached hydrogens (tertiary/aromatic N) is 3. The lowest BCUT2D eigenvalue weighted by atomic mass is 10.1. The Morgan fingerprint density at radius 3 is 3.05 bits per heavy atom. The Balaban J connectivity index is 1.75. The van der Waals surface area contributed by atoms with E-state index in [9.17, 15) is 0 Å². The minimum Gasteiger partial charge on any atom is -0.345 e. The maximum atomic E-state index is 4.73. The molecule has 100 valence electrons. The summed E-state index contributed by atoms with van der Waals surface area (Å²) in [6, 6.07) is 8.12. The Labute approximate surface area is 116 Å². The van der Waals surface area contributed by atoms with Crippen molar-refractivity contribution in [2.75, 3.05) is 13.1 Å². The van der Waals surface area contributed by atoms with Crippen LogP contribution in [0.25, 0.3) is 22.3 Å². The molecule has 1 aromatic carbocycles. The molecule has 3 heterocycles. The molecule has 1 fully saturated rings. The van der Waals surface area contributed by atoms with Crippen molar-refractivity contribution in [2.45, 2.75) is 12.3 Å². The third-order valence-electron chi connectivity index (χ3n) is 3.82. The summed E-state index contributed by atoms with van der Waals surface area (Å²) in [7, 11) is 0. The van der Waals surface area contributed by atoms with Gasteiger partial charge in [0.25, 0.3) is 0 Å². The van der Waals surface area contributed by atoms with E-state index in [1.54, 1.807) is 6.33 Å². The van der Waals surface area contributed by atoms with Crippen LogP contribution in [0.3, 0.4) is 0 Å². The van der Waals surface area contributed by atoms with Crippen LogP contribution >= 0.6 is 0 Å². The molecule has 0 radical (unpaired) electrons. The second-order valence-electron chi connectivity index (χ2n) is 5.12. The van der Waals surface area contributed by atoms with Crippen LogP contribution in [-0.2, 0) is 0 Å². The molecule has 1 unspecified atom stereocenters. The van der Waals surface area contributed by atoms with Crippen LogP contribution in [0.4, 0.5) is 0 Å². The van der Waals surface area contributed by atoms with Crippen molar-refractivity contribution < 1.29 is 0 Å². The van der Waals surface area contributed by atoms with Crippen molar-refractivity contribution in [2.24, 2.45) is 0 Å². The van der Waals surface area contributed by atoms with Crippen LogP contribution in [0.15, 0.2) is 36.8 Å². The zero-order chi connectivity index (χ0) is 13.4. The number of aromatic nitrogens is 4. The monoisotopic (exact) mass is 265 g/mol. The van der Waals surface area contributed by atoms with Crippen LogP contribution in [-0.4, -0.2) is 33.0 Å². The zero-order valence-electron chi connectivity index (χ0n) is 11.0. The molecule has 1 aliphatic rings. The topological polar surface area (TPSA) is 66.5 Å². The lowest BCUT2D eigenvalue weighted by Crippen LogP contribution is -2.10. The summed E-state index contributed by atoms with van der Waals surface area (Å²) in [5, 5.41) is 3.36. The highest BCUT2D eigenvalue weighted by molar-refractivity contribution is 5.80. The molecule has 0 saturated carbocycles. The molecule has 2 aromatic heterocycles. The fourth-order valence-corrected chi connectivity index (χ4v) is 2.70. The molecule has 3 aromatic rings. The van der Waals surface area contributed by atoms with Gasteiger partial charge in [-0.1, -0.05) is 6.07 Å². The largest absolute Gasteiger partial charge is 0.345 e. The number of hydrogen-bond donors (Lipinski definition) is 2. The number of hydrogen-bond acceptors (Lipinski definition) is 4. The van der Waals surface area contributed by atoms with E-state index in [1.165, 1.54) is 0 Å². The Kier molecular flexibility index (Phi) is 2.70. The van der Waals surface area contributed by atoms with E-state index < -0.39 is 0 Å². The molecule has 0 spiro atoms. The van der Waals surface area contributed by atoms with Gasteiger partial charge in [0.2, 0.25) is 0 Å². The first-order valence-electron chi connectivity index (χ1n) is 6.87. The molecular formula is C15H15N5. The summed E-state index contributed by atoms with van der Waals surface area (Å²) >= 11 is 0. The lowest BCUT2D eigenvalue weighted by Gasteiger charge is -2.08. The van der Waals surface area contributed by atoms with E-state index in [0.29, 0.717) is 5.92 Å². The van der Waals surface area contributed by atoms with Crippen LogP contribution < -0.4 is 5.32 Å². The van der Waals surface area contributed by atoms with Crippen LogP contribution in [0.2, 0.25) is 0 Å². The number of fused-ring (bicyclic) bond motifs is 1. The van der Waals surface area contributed by atoms with E-state index in [1.807, 2.05) is 18.3 Å². The first kappa shape index (κ1) is 11.5. The maximum Gasteiger partial charge on any atom is 0.133 e. The number of H-pyrrole nitrogens is 1. The van der Waals surface area contributed by atoms with Crippen molar-refractivity contribution in [3.05, 3.63) is 42.6 Å². The Morgan fingerprint density at radius 2 is 2.15 bits per heavy atom. The smallest absolute Gasteiger partial charge is 0.133 e. The highest BCUT2D eigenvalue weighted by atomic mass is 15.0. The van der Waals surface area contributed by atoms with E-state index in [-0.39, 0.29) is 0 Å². The van der Waals surface area contributed by atoms with E-state index in [4.69, 9.17) is 4.98 Å². The molecule has 0 aliphatic carbocycles. The molecule has 1 aliphatic heterocycles. The molecule has 2 N–H and O–H groups in total. The van der Waals surface area contributed by atoms with Gasteiger partial charge in [-0.25, -0.2) is 15.0 Å². The highest BCUT2D eigenvalue weighted by Crippen LogP contribution is 2.24. The summed E-state index contributed by atoms with van der Waals surface area (Å²) in [5.74, 6) is 1.38. The molecule has 1 saturated heterocycles. The number of rotatable bonds is 2. The standard InChI is InChI=1S/C15H15N5/c1-2-13-14(19-9-18-13)7-10(1)12-4-6-17-15(20-12)11-3-5-16-8-11/h1-2,4,6-7,9,11,16H,3,5,8H2,(H,18,19). The molecule has 20 heavy (non-hydrogen) atoms. The normalized spacial score (nSPS) is 18.7. The van der Waals surface area contributed by atoms with E-state index >= 15 is 0 Å². The van der Waals surface area contributed by atoms with Gasteiger partial charge in [-0.05, 0) is 31.2 Å². The first-order chi connectivity index (χ1) is 9.90. The molecule has 0 amide bonds. The van der Waals surface area contributed by atoms with Gasteiger partial charge in [-0.15, -0.1) is 0 Å². The van der Waals surface area contributed by atoms with Gasteiger partial charge >= 0.3 is 0 Å². The third-order valence-corrected chi connectivity index (χ3v) is 3.82. The highest BCUT2D eigenvalue weighted by Gasteiger charge is 2.19.